The molecule has 0 aliphatic carbocycles. The molecular weight excluding hydrogens is 185 g/mol. The van der Waals surface area contributed by atoms with Crippen molar-refractivity contribution in [2.75, 3.05) is 13.2 Å². The highest BCUT2D eigenvalue weighted by molar-refractivity contribution is 6.34. The van der Waals surface area contributed by atoms with E-state index in [1.54, 1.807) is 0 Å². The number of halogens is 2. The summed E-state index contributed by atoms with van der Waals surface area (Å²) in [4.78, 5) is 0. The summed E-state index contributed by atoms with van der Waals surface area (Å²) in [7, 11) is 0. The number of nitrogens with zero attached hydrogens (tertiary/aromatic N) is 1. The van der Waals surface area contributed by atoms with Crippen molar-refractivity contribution in [3.05, 3.63) is 0 Å². The molecule has 0 unspecified atom stereocenters. The van der Waals surface area contributed by atoms with Crippen molar-refractivity contribution in [2.45, 2.75) is 32.7 Å². The largest absolute Gasteiger partial charge is 0.379 e. The third kappa shape index (κ3) is 4.86. The Morgan fingerprint density at radius 3 is 2.27 bits per heavy atom. The molecule has 0 aromatic heterocycles. The normalized spacial score (nSPS) is 12.5. The molecule has 11 heavy (non-hydrogen) atoms. The van der Waals surface area contributed by atoms with E-state index in [0.29, 0.717) is 6.61 Å². The van der Waals surface area contributed by atoms with Gasteiger partial charge in [0.15, 0.2) is 0 Å². The third-order valence-corrected chi connectivity index (χ3v) is 2.18. The van der Waals surface area contributed by atoms with Gasteiger partial charge in [-0.05, 0) is 43.8 Å². The average molecular weight is 200 g/mol. The fraction of sp³-hybridized carbons (Fsp3) is 1.00. The fourth-order valence-electron chi connectivity index (χ4n) is 0.515. The van der Waals surface area contributed by atoms with E-state index in [-0.39, 0.29) is 5.54 Å². The second-order valence-corrected chi connectivity index (χ2v) is 3.95. The third-order valence-electron chi connectivity index (χ3n) is 1.26. The molecule has 0 atom stereocenters. The quantitative estimate of drug-likeness (QED) is 0.499. The second-order valence-electron chi connectivity index (χ2n) is 3.10. The standard InChI is InChI=1S/C7H15Cl2NO/c1-4-5-11-6-7(2,3)10(8)9/h4-6H2,1-3H3. The Hall–Kier alpha value is 0.500. The van der Waals surface area contributed by atoms with Crippen molar-refractivity contribution >= 4 is 23.6 Å². The minimum absolute atomic E-state index is 0.307. The zero-order chi connectivity index (χ0) is 8.91. The zero-order valence-electron chi connectivity index (χ0n) is 7.23. The van der Waals surface area contributed by atoms with E-state index in [9.17, 15) is 0 Å². The van der Waals surface area contributed by atoms with Crippen LogP contribution in [0.15, 0.2) is 0 Å². The van der Waals surface area contributed by atoms with E-state index in [0.717, 1.165) is 17.0 Å². The molecule has 0 rings (SSSR count). The smallest absolute Gasteiger partial charge is 0.0702 e. The summed E-state index contributed by atoms with van der Waals surface area (Å²) in [5.74, 6) is 0. The molecular formula is C7H15Cl2NO. The van der Waals surface area contributed by atoms with Crippen molar-refractivity contribution in [2.24, 2.45) is 0 Å². The summed E-state index contributed by atoms with van der Waals surface area (Å²) in [5.41, 5.74) is -0.307. The van der Waals surface area contributed by atoms with Gasteiger partial charge in [-0.15, -0.1) is 3.94 Å². The van der Waals surface area contributed by atoms with Crippen LogP contribution in [0.2, 0.25) is 0 Å². The van der Waals surface area contributed by atoms with Gasteiger partial charge < -0.3 is 4.74 Å². The highest BCUT2D eigenvalue weighted by atomic mass is 35.5. The van der Waals surface area contributed by atoms with Crippen molar-refractivity contribution in [1.82, 2.24) is 3.94 Å². The lowest BCUT2D eigenvalue weighted by molar-refractivity contribution is 0.0725. The Labute approximate surface area is 78.6 Å². The van der Waals surface area contributed by atoms with Crippen LogP contribution in [0.25, 0.3) is 0 Å². The van der Waals surface area contributed by atoms with Gasteiger partial charge in [0.25, 0.3) is 0 Å². The Morgan fingerprint density at radius 2 is 1.91 bits per heavy atom. The van der Waals surface area contributed by atoms with Crippen molar-refractivity contribution in [3.8, 4) is 0 Å². The Balaban J connectivity index is 3.55. The molecule has 0 bridgehead atoms. The van der Waals surface area contributed by atoms with Crippen LogP contribution in [-0.4, -0.2) is 22.7 Å². The van der Waals surface area contributed by atoms with Crippen LogP contribution in [0.3, 0.4) is 0 Å². The summed E-state index contributed by atoms with van der Waals surface area (Å²) in [6.45, 7) is 7.20. The maximum atomic E-state index is 5.57. The molecule has 0 fully saturated rings. The first-order chi connectivity index (χ1) is 5.00. The summed E-state index contributed by atoms with van der Waals surface area (Å²) in [6, 6.07) is 0. The van der Waals surface area contributed by atoms with Gasteiger partial charge in [-0.3, -0.25) is 0 Å². The fourth-order valence-corrected chi connectivity index (χ4v) is 0.613. The van der Waals surface area contributed by atoms with Gasteiger partial charge in [0.2, 0.25) is 0 Å². The van der Waals surface area contributed by atoms with E-state index >= 15 is 0 Å². The molecule has 0 spiro atoms. The summed E-state index contributed by atoms with van der Waals surface area (Å²) in [6.07, 6.45) is 1.01. The van der Waals surface area contributed by atoms with Crippen LogP contribution in [0.5, 0.6) is 0 Å². The van der Waals surface area contributed by atoms with Crippen LogP contribution in [-0.2, 0) is 4.74 Å². The minimum atomic E-state index is -0.307. The van der Waals surface area contributed by atoms with Gasteiger partial charge in [-0.2, -0.15) is 0 Å². The summed E-state index contributed by atoms with van der Waals surface area (Å²) in [5, 5.41) is 0. The van der Waals surface area contributed by atoms with E-state index in [2.05, 4.69) is 6.92 Å². The summed E-state index contributed by atoms with van der Waals surface area (Å²) >= 11 is 11.1. The lowest BCUT2D eigenvalue weighted by atomic mass is 10.1. The van der Waals surface area contributed by atoms with Crippen LogP contribution in [0.4, 0.5) is 0 Å². The zero-order valence-corrected chi connectivity index (χ0v) is 8.74. The molecule has 0 aliphatic rings. The van der Waals surface area contributed by atoms with Crippen molar-refractivity contribution in [3.63, 3.8) is 0 Å². The molecule has 2 nitrogen and oxygen atoms in total. The van der Waals surface area contributed by atoms with Crippen LogP contribution >= 0.6 is 23.6 Å². The molecule has 4 heteroatoms. The van der Waals surface area contributed by atoms with E-state index in [1.165, 1.54) is 0 Å². The van der Waals surface area contributed by atoms with Gasteiger partial charge >= 0.3 is 0 Å². The molecule has 0 aromatic rings. The van der Waals surface area contributed by atoms with Crippen LogP contribution < -0.4 is 0 Å². The SMILES string of the molecule is CCCOCC(C)(C)N(Cl)Cl. The number of rotatable bonds is 5. The monoisotopic (exact) mass is 199 g/mol. The number of ether oxygens (including phenoxy) is 1. The molecule has 0 aromatic carbocycles. The van der Waals surface area contributed by atoms with Crippen molar-refractivity contribution < 1.29 is 4.74 Å². The highest BCUT2D eigenvalue weighted by Crippen LogP contribution is 2.19. The second kappa shape index (κ2) is 5.20. The van der Waals surface area contributed by atoms with Gasteiger partial charge in [-0.25, -0.2) is 0 Å². The first kappa shape index (κ1) is 11.5. The van der Waals surface area contributed by atoms with Gasteiger partial charge in [0.1, 0.15) is 0 Å². The van der Waals surface area contributed by atoms with Gasteiger partial charge in [-0.1, -0.05) is 6.92 Å². The lowest BCUT2D eigenvalue weighted by Crippen LogP contribution is -2.36. The van der Waals surface area contributed by atoms with E-state index < -0.39 is 0 Å². The Kier molecular flexibility index (Phi) is 5.44. The highest BCUT2D eigenvalue weighted by Gasteiger charge is 2.24. The average Bonchev–Trinajstić information content (AvgIpc) is 1.88. The molecule has 0 N–H and O–H groups in total. The Morgan fingerprint density at radius 1 is 1.36 bits per heavy atom. The molecule has 0 heterocycles. The predicted molar refractivity (Wildman–Crippen MR) is 48.7 cm³/mol. The molecule has 0 aliphatic heterocycles. The lowest BCUT2D eigenvalue weighted by Gasteiger charge is -2.26. The summed E-state index contributed by atoms with van der Waals surface area (Å²) < 4.78 is 6.43. The van der Waals surface area contributed by atoms with E-state index in [1.807, 2.05) is 13.8 Å². The first-order valence-electron chi connectivity index (χ1n) is 3.70. The molecule has 0 radical (unpaired) electrons. The maximum Gasteiger partial charge on any atom is 0.0702 e. The minimum Gasteiger partial charge on any atom is -0.379 e. The van der Waals surface area contributed by atoms with Crippen molar-refractivity contribution in [1.29, 1.82) is 0 Å². The molecule has 0 saturated carbocycles. The van der Waals surface area contributed by atoms with Gasteiger partial charge in [0, 0.05) is 6.61 Å². The molecule has 0 saturated heterocycles. The number of hydrogen-bond donors (Lipinski definition) is 0. The Bertz CT molecular complexity index is 107. The topological polar surface area (TPSA) is 12.5 Å². The van der Waals surface area contributed by atoms with Crippen LogP contribution in [0, 0.1) is 0 Å². The van der Waals surface area contributed by atoms with Gasteiger partial charge in [0.05, 0.1) is 12.1 Å². The predicted octanol–water partition coefficient (Wildman–Crippen LogP) is 2.80. The molecule has 68 valence electrons. The molecule has 0 amide bonds. The number of hydrogen-bond acceptors (Lipinski definition) is 2. The first-order valence-corrected chi connectivity index (χ1v) is 4.38. The van der Waals surface area contributed by atoms with E-state index in [4.69, 9.17) is 28.3 Å². The maximum absolute atomic E-state index is 5.57. The van der Waals surface area contributed by atoms with Crippen LogP contribution in [0.1, 0.15) is 27.2 Å².